The van der Waals surface area contributed by atoms with Gasteiger partial charge >= 0.3 is 0 Å². The number of alkyl halides is 1. The van der Waals surface area contributed by atoms with Crippen LogP contribution in [-0.2, 0) is 13.0 Å². The molecule has 2 nitrogen and oxygen atoms in total. The van der Waals surface area contributed by atoms with Crippen molar-refractivity contribution in [2.24, 2.45) is 11.3 Å². The van der Waals surface area contributed by atoms with Crippen LogP contribution in [0.25, 0.3) is 11.0 Å². The van der Waals surface area contributed by atoms with Gasteiger partial charge in [-0.3, -0.25) is 0 Å². The summed E-state index contributed by atoms with van der Waals surface area (Å²) in [6, 6.07) is 6.47. The highest BCUT2D eigenvalue weighted by atomic mass is 35.5. The zero-order chi connectivity index (χ0) is 14.3. The number of nitrogens with zero attached hydrogens (tertiary/aromatic N) is 2. The summed E-state index contributed by atoms with van der Waals surface area (Å²) in [5.41, 5.74) is 4.16. The summed E-state index contributed by atoms with van der Waals surface area (Å²) in [6.45, 7) is 7.92. The maximum absolute atomic E-state index is 5.97. The number of aryl methyl sites for hydroxylation is 2. The van der Waals surface area contributed by atoms with Crippen molar-refractivity contribution in [2.45, 2.75) is 46.6 Å². The van der Waals surface area contributed by atoms with Crippen molar-refractivity contribution >= 4 is 22.6 Å². The summed E-state index contributed by atoms with van der Waals surface area (Å²) < 4.78 is 2.43. The molecule has 0 aliphatic heterocycles. The predicted octanol–water partition coefficient (Wildman–Crippen LogP) is 4.56. The first-order chi connectivity index (χ1) is 9.57. The summed E-state index contributed by atoms with van der Waals surface area (Å²) in [5, 5.41) is 0. The van der Waals surface area contributed by atoms with E-state index < -0.39 is 0 Å². The van der Waals surface area contributed by atoms with Crippen LogP contribution in [0.5, 0.6) is 0 Å². The molecule has 1 aromatic heterocycles. The Morgan fingerprint density at radius 2 is 2.10 bits per heavy atom. The fourth-order valence-corrected chi connectivity index (χ4v) is 3.35. The summed E-state index contributed by atoms with van der Waals surface area (Å²) >= 11 is 5.97. The van der Waals surface area contributed by atoms with Crippen molar-refractivity contribution in [3.63, 3.8) is 0 Å². The van der Waals surface area contributed by atoms with Gasteiger partial charge in [-0.2, -0.15) is 0 Å². The fraction of sp³-hybridized carbons (Fsp3) is 0.588. The minimum Gasteiger partial charge on any atom is -0.327 e. The lowest BCUT2D eigenvalue weighted by Crippen LogP contribution is -2.19. The van der Waals surface area contributed by atoms with E-state index in [2.05, 4.69) is 43.5 Å². The Morgan fingerprint density at radius 1 is 1.35 bits per heavy atom. The molecule has 3 heteroatoms. The second kappa shape index (κ2) is 5.07. The normalized spacial score (nSPS) is 17.1. The van der Waals surface area contributed by atoms with Gasteiger partial charge in [-0.05, 0) is 42.7 Å². The Hall–Kier alpha value is -1.02. The Labute approximate surface area is 126 Å². The van der Waals surface area contributed by atoms with Crippen LogP contribution in [0, 0.1) is 18.3 Å². The molecule has 108 valence electrons. The lowest BCUT2D eigenvalue weighted by Gasteiger charge is -2.22. The number of hydrogen-bond acceptors (Lipinski definition) is 1. The summed E-state index contributed by atoms with van der Waals surface area (Å²) in [7, 11) is 0. The van der Waals surface area contributed by atoms with E-state index in [1.165, 1.54) is 23.9 Å². The van der Waals surface area contributed by atoms with Crippen molar-refractivity contribution in [3.05, 3.63) is 29.6 Å². The number of aromatic nitrogens is 2. The second-order valence-electron chi connectivity index (χ2n) is 6.51. The average molecular weight is 291 g/mol. The zero-order valence-electron chi connectivity index (χ0n) is 12.6. The van der Waals surface area contributed by atoms with Crippen molar-refractivity contribution in [3.8, 4) is 0 Å². The molecule has 1 aliphatic carbocycles. The van der Waals surface area contributed by atoms with Crippen LogP contribution < -0.4 is 0 Å². The molecule has 1 aliphatic rings. The van der Waals surface area contributed by atoms with Gasteiger partial charge < -0.3 is 4.57 Å². The maximum atomic E-state index is 5.97. The van der Waals surface area contributed by atoms with Crippen molar-refractivity contribution in [2.75, 3.05) is 5.88 Å². The van der Waals surface area contributed by atoms with Gasteiger partial charge in [0.2, 0.25) is 0 Å². The van der Waals surface area contributed by atoms with Crippen LogP contribution >= 0.6 is 11.6 Å². The van der Waals surface area contributed by atoms with Gasteiger partial charge in [0.05, 0.1) is 11.0 Å². The third-order valence-electron chi connectivity index (χ3n) is 4.97. The van der Waals surface area contributed by atoms with Crippen LogP contribution in [0.15, 0.2) is 18.2 Å². The highest BCUT2D eigenvalue weighted by Crippen LogP contribution is 2.53. The molecular formula is C17H23ClN2. The van der Waals surface area contributed by atoms with E-state index in [1.54, 1.807) is 0 Å². The number of benzene rings is 1. The van der Waals surface area contributed by atoms with E-state index in [9.17, 15) is 0 Å². The number of fused-ring (bicyclic) bond motifs is 1. The molecule has 20 heavy (non-hydrogen) atoms. The van der Waals surface area contributed by atoms with Crippen LogP contribution in [0.1, 0.15) is 38.1 Å². The standard InChI is InChI=1S/C17H23ClN2/c1-12(2)17(8-9-17)11-20-14-6-4-5-13(3)16(14)19-15(20)7-10-18/h4-6,12H,7-11H2,1-3H3. The first-order valence-electron chi connectivity index (χ1n) is 7.58. The smallest absolute Gasteiger partial charge is 0.111 e. The lowest BCUT2D eigenvalue weighted by atomic mass is 9.92. The molecule has 0 unspecified atom stereocenters. The van der Waals surface area contributed by atoms with E-state index in [0.29, 0.717) is 11.3 Å². The first kappa shape index (κ1) is 13.9. The van der Waals surface area contributed by atoms with Crippen molar-refractivity contribution < 1.29 is 0 Å². The Kier molecular flexibility index (Phi) is 3.53. The van der Waals surface area contributed by atoms with E-state index >= 15 is 0 Å². The first-order valence-corrected chi connectivity index (χ1v) is 8.11. The fourth-order valence-electron chi connectivity index (χ4n) is 3.18. The topological polar surface area (TPSA) is 17.8 Å². The van der Waals surface area contributed by atoms with Crippen LogP contribution in [0.3, 0.4) is 0 Å². The molecule has 1 heterocycles. The SMILES string of the molecule is Cc1cccc2c1nc(CCCl)n2CC1(C(C)C)CC1. The molecule has 1 fully saturated rings. The molecule has 0 N–H and O–H groups in total. The van der Waals surface area contributed by atoms with Crippen LogP contribution in [-0.4, -0.2) is 15.4 Å². The molecule has 1 saturated carbocycles. The monoisotopic (exact) mass is 290 g/mol. The number of rotatable bonds is 5. The molecule has 0 saturated heterocycles. The van der Waals surface area contributed by atoms with E-state index in [4.69, 9.17) is 16.6 Å². The van der Waals surface area contributed by atoms with Gasteiger partial charge in [-0.1, -0.05) is 26.0 Å². The molecule has 2 aromatic rings. The summed E-state index contributed by atoms with van der Waals surface area (Å²) in [5.74, 6) is 2.52. The Morgan fingerprint density at radius 3 is 2.70 bits per heavy atom. The van der Waals surface area contributed by atoms with Gasteiger partial charge in [-0.25, -0.2) is 4.98 Å². The average Bonchev–Trinajstić information content (AvgIpc) is 3.11. The van der Waals surface area contributed by atoms with E-state index in [-0.39, 0.29) is 0 Å². The highest BCUT2D eigenvalue weighted by molar-refractivity contribution is 6.17. The third-order valence-corrected chi connectivity index (χ3v) is 5.16. The van der Waals surface area contributed by atoms with Crippen molar-refractivity contribution in [1.82, 2.24) is 9.55 Å². The van der Waals surface area contributed by atoms with Gasteiger partial charge in [-0.15, -0.1) is 11.6 Å². The van der Waals surface area contributed by atoms with Crippen LogP contribution in [0.4, 0.5) is 0 Å². The van der Waals surface area contributed by atoms with E-state index in [0.717, 1.165) is 30.2 Å². The number of imidazole rings is 1. The second-order valence-corrected chi connectivity index (χ2v) is 6.89. The number of hydrogen-bond donors (Lipinski definition) is 0. The number of halogens is 1. The number of para-hydroxylation sites is 1. The minimum atomic E-state index is 0.485. The summed E-state index contributed by atoms with van der Waals surface area (Å²) in [6.07, 6.45) is 3.54. The van der Waals surface area contributed by atoms with Gasteiger partial charge in [0.25, 0.3) is 0 Å². The Balaban J connectivity index is 2.07. The largest absolute Gasteiger partial charge is 0.327 e. The van der Waals surface area contributed by atoms with Gasteiger partial charge in [0, 0.05) is 18.8 Å². The summed E-state index contributed by atoms with van der Waals surface area (Å²) in [4.78, 5) is 4.85. The third kappa shape index (κ3) is 2.24. The highest BCUT2D eigenvalue weighted by Gasteiger charge is 2.46. The van der Waals surface area contributed by atoms with Gasteiger partial charge in [0.1, 0.15) is 5.82 Å². The lowest BCUT2D eigenvalue weighted by molar-refractivity contribution is 0.309. The molecule has 3 rings (SSSR count). The molecular weight excluding hydrogens is 268 g/mol. The minimum absolute atomic E-state index is 0.485. The zero-order valence-corrected chi connectivity index (χ0v) is 13.4. The molecule has 0 spiro atoms. The molecule has 0 bridgehead atoms. The molecule has 1 aromatic carbocycles. The van der Waals surface area contributed by atoms with E-state index in [1.807, 2.05) is 0 Å². The quantitative estimate of drug-likeness (QED) is 0.738. The Bertz CT molecular complexity index is 623. The maximum Gasteiger partial charge on any atom is 0.111 e. The van der Waals surface area contributed by atoms with Crippen molar-refractivity contribution in [1.29, 1.82) is 0 Å². The van der Waals surface area contributed by atoms with Crippen LogP contribution in [0.2, 0.25) is 0 Å². The van der Waals surface area contributed by atoms with Gasteiger partial charge in [0.15, 0.2) is 0 Å². The predicted molar refractivity (Wildman–Crippen MR) is 85.4 cm³/mol. The molecule has 0 atom stereocenters. The molecule has 0 radical (unpaired) electrons. The molecule has 0 amide bonds.